The molecule has 32 heavy (non-hydrogen) atoms. The van der Waals surface area contributed by atoms with Gasteiger partial charge in [-0.15, -0.1) is 10.2 Å². The quantitative estimate of drug-likeness (QED) is 0.590. The van der Waals surface area contributed by atoms with Crippen LogP contribution in [0.5, 0.6) is 0 Å². The van der Waals surface area contributed by atoms with Gasteiger partial charge in [0.05, 0.1) is 11.9 Å². The Kier molecular flexibility index (Phi) is 6.26. The molecule has 0 N–H and O–H groups in total. The van der Waals surface area contributed by atoms with E-state index < -0.39 is 0 Å². The molecule has 0 unspecified atom stereocenters. The van der Waals surface area contributed by atoms with Crippen LogP contribution in [0.2, 0.25) is 0 Å². The van der Waals surface area contributed by atoms with E-state index in [2.05, 4.69) is 32.0 Å². The predicted molar refractivity (Wildman–Crippen MR) is 127 cm³/mol. The monoisotopic (exact) mass is 450 g/mol. The average molecular weight is 451 g/mol. The van der Waals surface area contributed by atoms with Crippen molar-refractivity contribution in [3.05, 3.63) is 35.2 Å². The van der Waals surface area contributed by atoms with Crippen molar-refractivity contribution in [2.75, 3.05) is 33.2 Å². The molecule has 8 heteroatoms. The number of hydrogen-bond donors (Lipinski definition) is 0. The Hall–Kier alpha value is -2.29. The van der Waals surface area contributed by atoms with Crippen LogP contribution in [0.4, 0.5) is 0 Å². The second kappa shape index (κ2) is 9.29. The molecule has 0 atom stereocenters. The highest BCUT2D eigenvalue weighted by molar-refractivity contribution is 7.14. The molecular weight excluding hydrogens is 420 g/mol. The molecular formula is C24H30N6OS. The smallest absolute Gasteiger partial charge is 0.147 e. The number of ketones is 1. The number of carbonyl (C=O) groups excluding carboxylic acids is 1. The fourth-order valence-corrected chi connectivity index (χ4v) is 5.63. The summed E-state index contributed by atoms with van der Waals surface area (Å²) in [6, 6.07) is 6.70. The number of aromatic nitrogens is 4. The zero-order valence-corrected chi connectivity index (χ0v) is 19.6. The van der Waals surface area contributed by atoms with Crippen molar-refractivity contribution in [3.63, 3.8) is 0 Å². The van der Waals surface area contributed by atoms with Crippen molar-refractivity contribution in [1.29, 1.82) is 0 Å². The second-order valence-electron chi connectivity index (χ2n) is 9.17. The van der Waals surface area contributed by atoms with Gasteiger partial charge in [-0.05, 0) is 45.7 Å². The first-order valence-electron chi connectivity index (χ1n) is 11.6. The first-order valence-corrected chi connectivity index (χ1v) is 12.4. The van der Waals surface area contributed by atoms with Gasteiger partial charge in [0, 0.05) is 55.3 Å². The highest BCUT2D eigenvalue weighted by Crippen LogP contribution is 2.30. The first kappa shape index (κ1) is 21.6. The van der Waals surface area contributed by atoms with Crippen molar-refractivity contribution >= 4 is 28.0 Å². The molecule has 1 saturated carbocycles. The van der Waals surface area contributed by atoms with Gasteiger partial charge >= 0.3 is 0 Å². The molecule has 0 radical (unpaired) electrons. The maximum atomic E-state index is 13.0. The van der Waals surface area contributed by atoms with Crippen LogP contribution in [0.25, 0.3) is 21.5 Å². The second-order valence-corrected chi connectivity index (χ2v) is 10.4. The van der Waals surface area contributed by atoms with E-state index in [9.17, 15) is 4.79 Å². The molecule has 3 heterocycles. The van der Waals surface area contributed by atoms with Gasteiger partial charge < -0.3 is 4.90 Å². The Morgan fingerprint density at radius 1 is 1.09 bits per heavy atom. The van der Waals surface area contributed by atoms with Crippen molar-refractivity contribution in [2.45, 2.75) is 45.1 Å². The highest BCUT2D eigenvalue weighted by Gasteiger charge is 2.30. The summed E-state index contributed by atoms with van der Waals surface area (Å²) in [5.74, 6) is 1.06. The molecule has 2 fully saturated rings. The Morgan fingerprint density at radius 3 is 2.59 bits per heavy atom. The molecule has 2 aliphatic rings. The SMILES string of the molecule is Cc1nnc(-c2ccc3cnc(CC(=O)C4CCC(N5CCN(C)CC5)CC4)nc3c2)s1. The Morgan fingerprint density at radius 2 is 1.88 bits per heavy atom. The summed E-state index contributed by atoms with van der Waals surface area (Å²) in [6.07, 6.45) is 6.38. The topological polar surface area (TPSA) is 75.1 Å². The van der Waals surface area contributed by atoms with Crippen molar-refractivity contribution in [2.24, 2.45) is 5.92 Å². The average Bonchev–Trinajstić information content (AvgIpc) is 3.25. The lowest BCUT2D eigenvalue weighted by Gasteiger charge is -2.40. The molecule has 168 valence electrons. The van der Waals surface area contributed by atoms with Crippen molar-refractivity contribution in [3.8, 4) is 10.6 Å². The van der Waals surface area contributed by atoms with E-state index >= 15 is 0 Å². The third kappa shape index (κ3) is 4.72. The summed E-state index contributed by atoms with van der Waals surface area (Å²) in [4.78, 5) is 27.2. The Balaban J connectivity index is 1.22. The molecule has 7 nitrogen and oxygen atoms in total. The lowest BCUT2D eigenvalue weighted by Crippen LogP contribution is -2.50. The van der Waals surface area contributed by atoms with Gasteiger partial charge in [-0.1, -0.05) is 23.5 Å². The van der Waals surface area contributed by atoms with Crippen LogP contribution in [0.15, 0.2) is 24.4 Å². The predicted octanol–water partition coefficient (Wildman–Crippen LogP) is 3.37. The summed E-state index contributed by atoms with van der Waals surface area (Å²) >= 11 is 1.57. The van der Waals surface area contributed by atoms with E-state index in [0.29, 0.717) is 18.3 Å². The summed E-state index contributed by atoms with van der Waals surface area (Å²) in [6.45, 7) is 6.57. The fourth-order valence-electron chi connectivity index (χ4n) is 4.94. The standard InChI is InChI=1S/C24H30N6OS/c1-16-27-28-24(32-16)18-3-4-19-15-25-23(26-21(19)13-18)14-22(31)17-5-7-20(8-6-17)30-11-9-29(2)10-12-30/h3-4,13,15,17,20H,5-12,14H2,1-2H3. The number of aryl methyl sites for hydroxylation is 1. The minimum absolute atomic E-state index is 0.147. The van der Waals surface area contributed by atoms with Crippen LogP contribution in [0, 0.1) is 12.8 Å². The highest BCUT2D eigenvalue weighted by atomic mass is 32.1. The molecule has 2 aromatic heterocycles. The van der Waals surface area contributed by atoms with Gasteiger partial charge in [0.2, 0.25) is 0 Å². The summed E-state index contributed by atoms with van der Waals surface area (Å²) in [7, 11) is 2.19. The van der Waals surface area contributed by atoms with E-state index in [1.807, 2.05) is 31.3 Å². The van der Waals surface area contributed by atoms with Crippen LogP contribution in [-0.4, -0.2) is 75.0 Å². The normalized spacial score (nSPS) is 22.9. The lowest BCUT2D eigenvalue weighted by atomic mass is 9.82. The van der Waals surface area contributed by atoms with Crippen LogP contribution in [-0.2, 0) is 11.2 Å². The summed E-state index contributed by atoms with van der Waals surface area (Å²) < 4.78 is 0. The third-order valence-corrected chi connectivity index (χ3v) is 7.83. The van der Waals surface area contributed by atoms with E-state index in [1.54, 1.807) is 11.3 Å². The fraction of sp³-hybridized carbons (Fsp3) is 0.542. The zero-order chi connectivity index (χ0) is 22.1. The molecule has 1 aromatic carbocycles. The number of piperazine rings is 1. The molecule has 0 bridgehead atoms. The first-order chi connectivity index (χ1) is 15.5. The molecule has 0 spiro atoms. The molecule has 5 rings (SSSR count). The third-order valence-electron chi connectivity index (χ3n) is 6.94. The van der Waals surface area contributed by atoms with Crippen LogP contribution in [0.1, 0.15) is 36.5 Å². The van der Waals surface area contributed by atoms with Gasteiger partial charge in [0.15, 0.2) is 0 Å². The van der Waals surface area contributed by atoms with E-state index in [0.717, 1.165) is 78.3 Å². The van der Waals surface area contributed by atoms with Crippen LogP contribution in [0.3, 0.4) is 0 Å². The Labute approximate surface area is 192 Å². The van der Waals surface area contributed by atoms with Gasteiger partial charge in [-0.2, -0.15) is 0 Å². The number of likely N-dealkylation sites (N-methyl/N-ethyl adjacent to an activating group) is 1. The van der Waals surface area contributed by atoms with Gasteiger partial charge in [0.25, 0.3) is 0 Å². The largest absolute Gasteiger partial charge is 0.304 e. The van der Waals surface area contributed by atoms with E-state index in [-0.39, 0.29) is 11.7 Å². The number of carbonyl (C=O) groups is 1. The van der Waals surface area contributed by atoms with Gasteiger partial charge in [-0.25, -0.2) is 9.97 Å². The number of benzene rings is 1. The number of hydrogen-bond acceptors (Lipinski definition) is 8. The van der Waals surface area contributed by atoms with E-state index in [1.165, 1.54) is 0 Å². The molecule has 1 saturated heterocycles. The van der Waals surface area contributed by atoms with Gasteiger partial charge in [0.1, 0.15) is 21.6 Å². The maximum absolute atomic E-state index is 13.0. The lowest BCUT2D eigenvalue weighted by molar-refractivity contribution is -0.123. The van der Waals surface area contributed by atoms with Gasteiger partial charge in [-0.3, -0.25) is 9.69 Å². The molecule has 1 aliphatic heterocycles. The minimum atomic E-state index is 0.147. The summed E-state index contributed by atoms with van der Waals surface area (Å²) in [5, 5.41) is 11.1. The number of nitrogens with zero attached hydrogens (tertiary/aromatic N) is 6. The maximum Gasteiger partial charge on any atom is 0.147 e. The number of rotatable bonds is 5. The number of Topliss-reactive ketones (excluding diaryl/α,β-unsaturated/α-hetero) is 1. The van der Waals surface area contributed by atoms with Crippen LogP contribution < -0.4 is 0 Å². The zero-order valence-electron chi connectivity index (χ0n) is 18.8. The van der Waals surface area contributed by atoms with Crippen molar-refractivity contribution in [1.82, 2.24) is 30.0 Å². The number of fused-ring (bicyclic) bond motifs is 1. The Bertz CT molecular complexity index is 1100. The van der Waals surface area contributed by atoms with E-state index in [4.69, 9.17) is 4.98 Å². The summed E-state index contributed by atoms with van der Waals surface area (Å²) in [5.41, 5.74) is 1.85. The van der Waals surface area contributed by atoms with Crippen molar-refractivity contribution < 1.29 is 4.79 Å². The molecule has 0 amide bonds. The molecule has 1 aliphatic carbocycles. The minimum Gasteiger partial charge on any atom is -0.304 e. The molecule has 3 aromatic rings. The van der Waals surface area contributed by atoms with Crippen LogP contribution >= 0.6 is 11.3 Å².